The van der Waals surface area contributed by atoms with Crippen LogP contribution in [0.4, 0.5) is 4.39 Å². The molecular formula is C14H17FO4S. The van der Waals surface area contributed by atoms with Gasteiger partial charge in [0.15, 0.2) is 6.29 Å². The lowest BCUT2D eigenvalue weighted by molar-refractivity contribution is 0.110. The molecule has 0 radical (unpaired) electrons. The third-order valence-electron chi connectivity index (χ3n) is 3.58. The predicted molar refractivity (Wildman–Crippen MR) is 73.3 cm³/mol. The number of aldehydes is 1. The van der Waals surface area contributed by atoms with Crippen LogP contribution in [0, 0.1) is 5.82 Å². The minimum Gasteiger partial charge on any atom is -0.490 e. The molecule has 2 unspecified atom stereocenters. The Kier molecular flexibility index (Phi) is 4.42. The molecule has 2 atom stereocenters. The summed E-state index contributed by atoms with van der Waals surface area (Å²) < 4.78 is 41.9. The lowest BCUT2D eigenvalue weighted by atomic mass is 9.97. The average molecular weight is 300 g/mol. The van der Waals surface area contributed by atoms with Crippen molar-refractivity contribution in [2.75, 3.05) is 6.26 Å². The molecule has 1 aromatic carbocycles. The van der Waals surface area contributed by atoms with Crippen LogP contribution in [0.5, 0.6) is 5.75 Å². The number of halogens is 1. The van der Waals surface area contributed by atoms with Gasteiger partial charge in [-0.1, -0.05) is 0 Å². The molecule has 1 aliphatic rings. The zero-order chi connectivity index (χ0) is 14.8. The van der Waals surface area contributed by atoms with E-state index in [-0.39, 0.29) is 11.7 Å². The number of hydrogen-bond acceptors (Lipinski definition) is 4. The number of carbonyl (C=O) groups is 1. The minimum atomic E-state index is -3.08. The van der Waals surface area contributed by atoms with E-state index in [1.54, 1.807) is 0 Å². The average Bonchev–Trinajstić information content (AvgIpc) is 2.40. The Labute approximate surface area is 117 Å². The second-order valence-corrected chi connectivity index (χ2v) is 7.48. The van der Waals surface area contributed by atoms with Gasteiger partial charge in [0.25, 0.3) is 0 Å². The molecule has 0 saturated heterocycles. The van der Waals surface area contributed by atoms with E-state index in [4.69, 9.17) is 4.74 Å². The number of sulfone groups is 1. The lowest BCUT2D eigenvalue weighted by Crippen LogP contribution is -2.33. The van der Waals surface area contributed by atoms with Crippen molar-refractivity contribution in [1.29, 1.82) is 0 Å². The maximum Gasteiger partial charge on any atom is 0.153 e. The van der Waals surface area contributed by atoms with E-state index >= 15 is 0 Å². The molecule has 1 fully saturated rings. The Morgan fingerprint density at radius 1 is 1.35 bits per heavy atom. The SMILES string of the molecule is CS(=O)(=O)C1CCCC(Oc2ccc(F)cc2C=O)C1. The molecule has 0 spiro atoms. The van der Waals surface area contributed by atoms with Crippen LogP contribution in [0.3, 0.4) is 0 Å². The molecule has 4 nitrogen and oxygen atoms in total. The summed E-state index contributed by atoms with van der Waals surface area (Å²) in [5.41, 5.74) is 0.145. The summed E-state index contributed by atoms with van der Waals surface area (Å²) in [4.78, 5) is 10.9. The van der Waals surface area contributed by atoms with Crippen LogP contribution in [-0.4, -0.2) is 32.3 Å². The van der Waals surface area contributed by atoms with E-state index in [9.17, 15) is 17.6 Å². The van der Waals surface area contributed by atoms with Gasteiger partial charge < -0.3 is 4.74 Å². The minimum absolute atomic E-state index is 0.145. The van der Waals surface area contributed by atoms with Crippen LogP contribution in [0.15, 0.2) is 18.2 Å². The van der Waals surface area contributed by atoms with Crippen molar-refractivity contribution in [3.05, 3.63) is 29.6 Å². The zero-order valence-corrected chi connectivity index (χ0v) is 12.0. The molecule has 1 aromatic rings. The summed E-state index contributed by atoms with van der Waals surface area (Å²) in [5.74, 6) is -0.197. The maximum absolute atomic E-state index is 13.0. The first-order valence-corrected chi connectivity index (χ1v) is 8.46. The van der Waals surface area contributed by atoms with Crippen LogP contribution >= 0.6 is 0 Å². The second kappa shape index (κ2) is 5.91. The first-order valence-electron chi connectivity index (χ1n) is 6.50. The van der Waals surface area contributed by atoms with Crippen molar-refractivity contribution < 1.29 is 22.3 Å². The molecule has 0 bridgehead atoms. The Hall–Kier alpha value is -1.43. The highest BCUT2D eigenvalue weighted by atomic mass is 32.2. The first-order chi connectivity index (χ1) is 9.40. The standard InChI is InChI=1S/C14H17FO4S/c1-20(17,18)13-4-2-3-12(8-13)19-14-6-5-11(15)7-10(14)9-16/h5-7,9,12-13H,2-4,8H2,1H3. The van der Waals surface area contributed by atoms with Crippen molar-refractivity contribution in [2.24, 2.45) is 0 Å². The monoisotopic (exact) mass is 300 g/mol. The van der Waals surface area contributed by atoms with Gasteiger partial charge in [0, 0.05) is 12.7 Å². The Morgan fingerprint density at radius 3 is 2.75 bits per heavy atom. The molecule has 2 rings (SSSR count). The number of carbonyl (C=O) groups excluding carboxylic acids is 1. The largest absolute Gasteiger partial charge is 0.490 e. The van der Waals surface area contributed by atoms with Crippen molar-refractivity contribution in [3.63, 3.8) is 0 Å². The highest BCUT2D eigenvalue weighted by Gasteiger charge is 2.30. The summed E-state index contributed by atoms with van der Waals surface area (Å²) in [6.45, 7) is 0. The topological polar surface area (TPSA) is 60.4 Å². The van der Waals surface area contributed by atoms with Gasteiger partial charge in [0.05, 0.1) is 16.9 Å². The molecule has 1 saturated carbocycles. The van der Waals surface area contributed by atoms with E-state index in [2.05, 4.69) is 0 Å². The maximum atomic E-state index is 13.0. The summed E-state index contributed by atoms with van der Waals surface area (Å²) >= 11 is 0. The zero-order valence-electron chi connectivity index (χ0n) is 11.2. The molecule has 20 heavy (non-hydrogen) atoms. The summed E-state index contributed by atoms with van der Waals surface area (Å²) in [7, 11) is -3.08. The number of rotatable bonds is 4. The van der Waals surface area contributed by atoms with Crippen molar-refractivity contribution in [1.82, 2.24) is 0 Å². The quantitative estimate of drug-likeness (QED) is 0.801. The smallest absolute Gasteiger partial charge is 0.153 e. The lowest BCUT2D eigenvalue weighted by Gasteiger charge is -2.28. The normalized spacial score (nSPS) is 23.3. The number of ether oxygens (including phenoxy) is 1. The van der Waals surface area contributed by atoms with E-state index in [1.807, 2.05) is 0 Å². The highest BCUT2D eigenvalue weighted by Crippen LogP contribution is 2.28. The van der Waals surface area contributed by atoms with Crippen LogP contribution in [-0.2, 0) is 9.84 Å². The third kappa shape index (κ3) is 3.56. The number of benzene rings is 1. The van der Waals surface area contributed by atoms with Crippen LogP contribution in [0.1, 0.15) is 36.0 Å². The van der Waals surface area contributed by atoms with Crippen molar-refractivity contribution in [3.8, 4) is 5.75 Å². The summed E-state index contributed by atoms with van der Waals surface area (Å²) in [6, 6.07) is 3.74. The van der Waals surface area contributed by atoms with E-state index < -0.39 is 20.9 Å². The summed E-state index contributed by atoms with van der Waals surface area (Å²) in [6.07, 6.45) is 4.07. The van der Waals surface area contributed by atoms with Gasteiger partial charge in [-0.3, -0.25) is 4.79 Å². The second-order valence-electron chi connectivity index (χ2n) is 5.16. The molecule has 0 N–H and O–H groups in total. The Bertz CT molecular complexity index is 597. The van der Waals surface area contributed by atoms with Gasteiger partial charge in [-0.05, 0) is 37.5 Å². The van der Waals surface area contributed by atoms with Gasteiger partial charge in [-0.2, -0.15) is 0 Å². The molecule has 0 aromatic heterocycles. The van der Waals surface area contributed by atoms with E-state index in [0.29, 0.717) is 24.9 Å². The van der Waals surface area contributed by atoms with Gasteiger partial charge >= 0.3 is 0 Å². The highest BCUT2D eigenvalue weighted by molar-refractivity contribution is 7.91. The fourth-order valence-corrected chi connectivity index (χ4v) is 3.66. The predicted octanol–water partition coefficient (Wildman–Crippen LogP) is 2.37. The van der Waals surface area contributed by atoms with Crippen LogP contribution < -0.4 is 4.74 Å². The van der Waals surface area contributed by atoms with Gasteiger partial charge in [0.2, 0.25) is 0 Å². The fraction of sp³-hybridized carbons (Fsp3) is 0.500. The molecule has 0 amide bonds. The summed E-state index contributed by atoms with van der Waals surface area (Å²) in [5, 5.41) is -0.402. The van der Waals surface area contributed by atoms with Gasteiger partial charge in [-0.15, -0.1) is 0 Å². The van der Waals surface area contributed by atoms with Crippen LogP contribution in [0.25, 0.3) is 0 Å². The van der Waals surface area contributed by atoms with Gasteiger partial charge in [-0.25, -0.2) is 12.8 Å². The number of hydrogen-bond donors (Lipinski definition) is 0. The molecular weight excluding hydrogens is 283 g/mol. The van der Waals surface area contributed by atoms with Crippen LogP contribution in [0.2, 0.25) is 0 Å². The molecule has 0 aliphatic heterocycles. The first kappa shape index (κ1) is 15.0. The van der Waals surface area contributed by atoms with Gasteiger partial charge in [0.1, 0.15) is 21.4 Å². The molecule has 0 heterocycles. The van der Waals surface area contributed by atoms with Crippen molar-refractivity contribution >= 4 is 16.1 Å². The molecule has 1 aliphatic carbocycles. The Morgan fingerprint density at radius 2 is 2.10 bits per heavy atom. The van der Waals surface area contributed by atoms with E-state index in [0.717, 1.165) is 18.9 Å². The Balaban J connectivity index is 2.12. The molecule has 110 valence electrons. The third-order valence-corrected chi connectivity index (χ3v) is 5.22. The van der Waals surface area contributed by atoms with Crippen molar-refractivity contribution in [2.45, 2.75) is 37.0 Å². The molecule has 6 heteroatoms. The van der Waals surface area contributed by atoms with E-state index in [1.165, 1.54) is 18.4 Å². The fourth-order valence-electron chi connectivity index (χ4n) is 2.50.